The van der Waals surface area contributed by atoms with Crippen LogP contribution >= 0.6 is 11.3 Å². The normalized spacial score (nSPS) is 12.6. The average molecular weight is 368 g/mol. The summed E-state index contributed by atoms with van der Waals surface area (Å²) in [6.45, 7) is 1.76. The van der Waals surface area contributed by atoms with Crippen molar-refractivity contribution in [3.05, 3.63) is 47.3 Å². The molecule has 1 aromatic heterocycles. The molecule has 0 aliphatic rings. The van der Waals surface area contributed by atoms with E-state index in [0.717, 1.165) is 11.3 Å². The number of hydrogen-bond donors (Lipinski definition) is 2. The van der Waals surface area contributed by atoms with Crippen LogP contribution in [0.25, 0.3) is 0 Å². The molecule has 2 N–H and O–H groups in total. The molecular weight excluding hydrogens is 348 g/mol. The second kappa shape index (κ2) is 8.27. The molecule has 0 bridgehead atoms. The van der Waals surface area contributed by atoms with Crippen LogP contribution in [0.5, 0.6) is 5.75 Å². The van der Waals surface area contributed by atoms with Crippen molar-refractivity contribution in [1.29, 1.82) is 0 Å². The fourth-order valence-electron chi connectivity index (χ4n) is 2.14. The predicted molar refractivity (Wildman–Crippen MR) is 93.7 cm³/mol. The van der Waals surface area contributed by atoms with E-state index in [-0.39, 0.29) is 16.7 Å². The van der Waals surface area contributed by atoms with Crippen LogP contribution in [-0.4, -0.2) is 28.0 Å². The summed E-state index contributed by atoms with van der Waals surface area (Å²) in [5.41, 5.74) is 0.698. The van der Waals surface area contributed by atoms with E-state index in [1.807, 2.05) is 13.0 Å². The summed E-state index contributed by atoms with van der Waals surface area (Å²) in [4.78, 5) is 11.4. The molecule has 2 rings (SSSR count). The molecule has 1 atom stereocenters. The molecule has 1 amide bonds. The van der Waals surface area contributed by atoms with E-state index in [1.54, 1.807) is 35.7 Å². The Labute approximate surface area is 145 Å². The van der Waals surface area contributed by atoms with Crippen LogP contribution in [0, 0.1) is 0 Å². The maximum Gasteiger partial charge on any atom is 0.257 e. The SMILES string of the molecule is CCC(NS(=O)(=O)c1cccs1)c1ccccc1OCC(=O)NC. The number of thiophene rings is 1. The van der Waals surface area contributed by atoms with Crippen molar-refractivity contribution >= 4 is 27.3 Å². The average Bonchev–Trinajstić information content (AvgIpc) is 3.13. The Hall–Kier alpha value is -1.90. The van der Waals surface area contributed by atoms with Gasteiger partial charge in [-0.25, -0.2) is 13.1 Å². The number of rotatable bonds is 8. The van der Waals surface area contributed by atoms with Crippen LogP contribution in [0.2, 0.25) is 0 Å². The van der Waals surface area contributed by atoms with Gasteiger partial charge in [0.2, 0.25) is 0 Å². The number of nitrogens with one attached hydrogen (secondary N) is 2. The van der Waals surface area contributed by atoms with Crippen molar-refractivity contribution in [2.75, 3.05) is 13.7 Å². The summed E-state index contributed by atoms with van der Waals surface area (Å²) >= 11 is 1.16. The van der Waals surface area contributed by atoms with E-state index in [4.69, 9.17) is 4.74 Å². The van der Waals surface area contributed by atoms with Crippen LogP contribution < -0.4 is 14.8 Å². The Morgan fingerprint density at radius 3 is 2.62 bits per heavy atom. The highest BCUT2D eigenvalue weighted by Gasteiger charge is 2.23. The lowest BCUT2D eigenvalue weighted by Crippen LogP contribution is -2.29. The van der Waals surface area contributed by atoms with Gasteiger partial charge in [-0.1, -0.05) is 31.2 Å². The Bertz CT molecular complexity index is 773. The van der Waals surface area contributed by atoms with E-state index in [2.05, 4.69) is 10.0 Å². The highest BCUT2D eigenvalue weighted by atomic mass is 32.2. The van der Waals surface area contributed by atoms with Gasteiger partial charge in [-0.2, -0.15) is 0 Å². The second-order valence-corrected chi connectivity index (χ2v) is 7.90. The maximum atomic E-state index is 12.5. The first-order valence-corrected chi connectivity index (χ1v) is 9.82. The molecule has 0 spiro atoms. The lowest BCUT2D eigenvalue weighted by Gasteiger charge is -2.20. The molecule has 0 radical (unpaired) electrons. The molecule has 0 fully saturated rings. The molecular formula is C16H20N2O4S2. The first kappa shape index (κ1) is 18.4. The molecule has 8 heteroatoms. The molecule has 1 unspecified atom stereocenters. The van der Waals surface area contributed by atoms with Gasteiger partial charge in [0, 0.05) is 12.6 Å². The zero-order valence-electron chi connectivity index (χ0n) is 13.5. The number of likely N-dealkylation sites (N-methyl/N-ethyl adjacent to an activating group) is 1. The van der Waals surface area contributed by atoms with Crippen molar-refractivity contribution in [3.63, 3.8) is 0 Å². The minimum atomic E-state index is -3.60. The van der Waals surface area contributed by atoms with Gasteiger partial charge in [-0.05, 0) is 23.9 Å². The first-order chi connectivity index (χ1) is 11.5. The number of hydrogen-bond acceptors (Lipinski definition) is 5. The fourth-order valence-corrected chi connectivity index (χ4v) is 4.45. The Morgan fingerprint density at radius 2 is 2.00 bits per heavy atom. The van der Waals surface area contributed by atoms with Crippen LogP contribution in [0.1, 0.15) is 24.9 Å². The van der Waals surface area contributed by atoms with Gasteiger partial charge < -0.3 is 10.1 Å². The highest BCUT2D eigenvalue weighted by molar-refractivity contribution is 7.91. The van der Waals surface area contributed by atoms with Gasteiger partial charge in [0.05, 0.1) is 6.04 Å². The van der Waals surface area contributed by atoms with Crippen molar-refractivity contribution in [2.24, 2.45) is 0 Å². The Balaban J connectivity index is 2.23. The zero-order chi connectivity index (χ0) is 17.6. The predicted octanol–water partition coefficient (Wildman–Crippen LogP) is 2.30. The van der Waals surface area contributed by atoms with Crippen LogP contribution in [0.4, 0.5) is 0 Å². The molecule has 6 nitrogen and oxygen atoms in total. The van der Waals surface area contributed by atoms with Crippen molar-refractivity contribution < 1.29 is 17.9 Å². The highest BCUT2D eigenvalue weighted by Crippen LogP contribution is 2.29. The van der Waals surface area contributed by atoms with Crippen molar-refractivity contribution in [2.45, 2.75) is 23.6 Å². The number of para-hydroxylation sites is 1. The van der Waals surface area contributed by atoms with E-state index >= 15 is 0 Å². The Kier molecular flexibility index (Phi) is 6.36. The third-order valence-corrected chi connectivity index (χ3v) is 6.27. The number of amides is 1. The molecule has 0 aliphatic heterocycles. The topological polar surface area (TPSA) is 84.5 Å². The van der Waals surface area contributed by atoms with Gasteiger partial charge in [0.15, 0.2) is 6.61 Å². The standard InChI is InChI=1S/C16H20N2O4S2/c1-3-13(18-24(20,21)16-9-6-10-23-16)12-7-4-5-8-14(12)22-11-15(19)17-2/h4-10,13,18H,3,11H2,1-2H3,(H,17,19). The molecule has 0 aliphatic carbocycles. The monoisotopic (exact) mass is 368 g/mol. The molecule has 1 aromatic carbocycles. The second-order valence-electron chi connectivity index (χ2n) is 5.01. The summed E-state index contributed by atoms with van der Waals surface area (Å²) in [6, 6.07) is 9.92. The van der Waals surface area contributed by atoms with Crippen LogP contribution in [0.15, 0.2) is 46.0 Å². The molecule has 0 saturated carbocycles. The molecule has 24 heavy (non-hydrogen) atoms. The van der Waals surface area contributed by atoms with Gasteiger partial charge in [0.25, 0.3) is 15.9 Å². The fraction of sp³-hybridized carbons (Fsp3) is 0.312. The van der Waals surface area contributed by atoms with Gasteiger partial charge in [-0.3, -0.25) is 4.79 Å². The number of ether oxygens (including phenoxy) is 1. The van der Waals surface area contributed by atoms with Gasteiger partial charge >= 0.3 is 0 Å². The van der Waals surface area contributed by atoms with Crippen molar-refractivity contribution in [3.8, 4) is 5.75 Å². The lowest BCUT2D eigenvalue weighted by atomic mass is 10.0. The molecule has 2 aromatic rings. The van der Waals surface area contributed by atoms with E-state index in [1.165, 1.54) is 7.05 Å². The number of sulfonamides is 1. The van der Waals surface area contributed by atoms with Crippen LogP contribution in [-0.2, 0) is 14.8 Å². The third kappa shape index (κ3) is 4.56. The van der Waals surface area contributed by atoms with E-state index in [9.17, 15) is 13.2 Å². The molecule has 130 valence electrons. The Morgan fingerprint density at radius 1 is 1.25 bits per heavy atom. The summed E-state index contributed by atoms with van der Waals surface area (Å²) in [5, 5.41) is 4.20. The first-order valence-electron chi connectivity index (χ1n) is 7.46. The summed E-state index contributed by atoms with van der Waals surface area (Å²) in [7, 11) is -2.07. The summed E-state index contributed by atoms with van der Waals surface area (Å²) in [6.07, 6.45) is 0.547. The largest absolute Gasteiger partial charge is 0.483 e. The van der Waals surface area contributed by atoms with E-state index in [0.29, 0.717) is 17.7 Å². The molecule has 1 heterocycles. The maximum absolute atomic E-state index is 12.5. The number of benzene rings is 1. The van der Waals surface area contributed by atoms with Gasteiger partial charge in [-0.15, -0.1) is 11.3 Å². The lowest BCUT2D eigenvalue weighted by molar-refractivity contribution is -0.122. The molecule has 0 saturated heterocycles. The number of carbonyl (C=O) groups excluding carboxylic acids is 1. The van der Waals surface area contributed by atoms with Crippen LogP contribution in [0.3, 0.4) is 0 Å². The van der Waals surface area contributed by atoms with E-state index < -0.39 is 16.1 Å². The summed E-state index contributed by atoms with van der Waals surface area (Å²) in [5.74, 6) is 0.235. The minimum absolute atomic E-state index is 0.123. The third-order valence-electron chi connectivity index (χ3n) is 3.40. The zero-order valence-corrected chi connectivity index (χ0v) is 15.1. The summed E-state index contributed by atoms with van der Waals surface area (Å²) < 4.78 is 33.4. The number of carbonyl (C=O) groups is 1. The quantitative estimate of drug-likeness (QED) is 0.749. The van der Waals surface area contributed by atoms with Gasteiger partial charge in [0.1, 0.15) is 9.96 Å². The minimum Gasteiger partial charge on any atom is -0.483 e. The smallest absolute Gasteiger partial charge is 0.257 e. The van der Waals surface area contributed by atoms with Crippen molar-refractivity contribution in [1.82, 2.24) is 10.0 Å².